The number of furan rings is 2. The van der Waals surface area contributed by atoms with E-state index in [2.05, 4.69) is 65.2 Å². The molecule has 4 heterocycles. The van der Waals surface area contributed by atoms with Crippen molar-refractivity contribution in [2.45, 2.75) is 0 Å². The van der Waals surface area contributed by atoms with Gasteiger partial charge >= 0.3 is 0 Å². The minimum absolute atomic E-state index is 0.0489. The van der Waals surface area contributed by atoms with Gasteiger partial charge in [-0.05, 0) is 60.7 Å². The Bertz CT molecular complexity index is 3380. The molecule has 0 saturated heterocycles. The Hall–Kier alpha value is -7.05. The van der Waals surface area contributed by atoms with Crippen molar-refractivity contribution in [3.63, 3.8) is 0 Å². The number of rotatable bonds is 4. The van der Waals surface area contributed by atoms with E-state index >= 15 is 0 Å². The average Bonchev–Trinajstić information content (AvgIpc) is 3.90. The molecule has 0 atom stereocenters. The van der Waals surface area contributed by atoms with E-state index in [1.807, 2.05) is 66.7 Å². The first-order valence-electron chi connectivity index (χ1n) is 19.0. The second-order valence-corrected chi connectivity index (χ2v) is 12.5. The highest BCUT2D eigenvalue weighted by Crippen LogP contribution is 2.37. The Morgan fingerprint density at radius 1 is 0.412 bits per heavy atom. The molecule has 6 nitrogen and oxygen atoms in total. The summed E-state index contributed by atoms with van der Waals surface area (Å²) in [6.45, 7) is 0. The van der Waals surface area contributed by atoms with E-state index < -0.39 is 30.2 Å². The van der Waals surface area contributed by atoms with Crippen LogP contribution in [0.15, 0.2) is 166 Å². The maximum Gasteiger partial charge on any atom is 0.164 e. The van der Waals surface area contributed by atoms with Gasteiger partial charge < -0.3 is 13.4 Å². The lowest BCUT2D eigenvalue weighted by atomic mass is 10.1. The van der Waals surface area contributed by atoms with E-state index in [4.69, 9.17) is 30.6 Å². The van der Waals surface area contributed by atoms with Gasteiger partial charge in [0.05, 0.1) is 17.9 Å². The van der Waals surface area contributed by atoms with Crippen molar-refractivity contribution in [2.24, 2.45) is 0 Å². The van der Waals surface area contributed by atoms with Gasteiger partial charge in [0.15, 0.2) is 17.5 Å². The van der Waals surface area contributed by atoms with E-state index in [1.54, 1.807) is 0 Å². The van der Waals surface area contributed by atoms with Gasteiger partial charge in [0.2, 0.25) is 0 Å². The quantitative estimate of drug-likeness (QED) is 0.188. The van der Waals surface area contributed by atoms with Gasteiger partial charge in [-0.3, -0.25) is 0 Å². The summed E-state index contributed by atoms with van der Waals surface area (Å²) in [5.41, 5.74) is 7.05. The molecule has 0 aliphatic heterocycles. The molecule has 0 N–H and O–H groups in total. The van der Waals surface area contributed by atoms with E-state index in [1.165, 1.54) is 10.8 Å². The zero-order valence-electron chi connectivity index (χ0n) is 31.7. The fourth-order valence-corrected chi connectivity index (χ4v) is 7.22. The number of nitrogens with zero attached hydrogens (tertiary/aromatic N) is 4. The third-order valence-electron chi connectivity index (χ3n) is 9.55. The molecule has 0 aliphatic carbocycles. The Labute approximate surface area is 297 Å². The highest BCUT2D eigenvalue weighted by atomic mass is 16.3. The van der Waals surface area contributed by atoms with Crippen LogP contribution in [0.4, 0.5) is 0 Å². The largest absolute Gasteiger partial charge is 0.456 e. The first-order chi connectivity index (χ1) is 27.3. The summed E-state index contributed by atoms with van der Waals surface area (Å²) in [5.74, 6) is 0.446. The van der Waals surface area contributed by atoms with Crippen LogP contribution in [0.2, 0.25) is 0 Å². The second kappa shape index (κ2) is 10.7. The van der Waals surface area contributed by atoms with Crippen LogP contribution in [0.1, 0.15) is 6.85 Å². The van der Waals surface area contributed by atoms with Gasteiger partial charge in [-0.15, -0.1) is 0 Å². The summed E-state index contributed by atoms with van der Waals surface area (Å²) in [6, 6.07) is 39.9. The molecule has 0 radical (unpaired) electrons. The van der Waals surface area contributed by atoms with Crippen molar-refractivity contribution >= 4 is 65.7 Å². The molecule has 11 aromatic rings. The zero-order chi connectivity index (χ0) is 37.8. The molecule has 238 valence electrons. The van der Waals surface area contributed by atoms with Crippen LogP contribution in [0.5, 0.6) is 0 Å². The van der Waals surface area contributed by atoms with Crippen LogP contribution in [0.3, 0.4) is 0 Å². The molecule has 0 unspecified atom stereocenters. The topological polar surface area (TPSA) is 69.9 Å². The van der Waals surface area contributed by atoms with Crippen molar-refractivity contribution in [2.75, 3.05) is 0 Å². The van der Waals surface area contributed by atoms with Crippen LogP contribution in [-0.2, 0) is 0 Å². The molecule has 0 fully saturated rings. The van der Waals surface area contributed by atoms with Crippen molar-refractivity contribution in [3.05, 3.63) is 158 Å². The summed E-state index contributed by atoms with van der Waals surface area (Å²) >= 11 is 0. The van der Waals surface area contributed by atoms with Crippen LogP contribution in [0.25, 0.3) is 106 Å². The highest BCUT2D eigenvalue weighted by molar-refractivity contribution is 6.11. The van der Waals surface area contributed by atoms with E-state index in [9.17, 15) is 0 Å². The van der Waals surface area contributed by atoms with E-state index in [0.717, 1.165) is 49.4 Å². The maximum absolute atomic E-state index is 8.72. The van der Waals surface area contributed by atoms with Crippen molar-refractivity contribution in [1.82, 2.24) is 19.5 Å². The molecule has 0 saturated carbocycles. The molecule has 0 bridgehead atoms. The smallest absolute Gasteiger partial charge is 0.164 e. The predicted molar refractivity (Wildman–Crippen MR) is 205 cm³/mol. The summed E-state index contributed by atoms with van der Waals surface area (Å²) < 4.78 is 57.1. The molecule has 6 heteroatoms. The van der Waals surface area contributed by atoms with Gasteiger partial charge in [0, 0.05) is 54.7 Å². The zero-order valence-corrected chi connectivity index (χ0v) is 26.7. The molecule has 51 heavy (non-hydrogen) atoms. The van der Waals surface area contributed by atoms with Gasteiger partial charge in [0.25, 0.3) is 0 Å². The molecular formula is C45H26N4O2. The van der Waals surface area contributed by atoms with E-state index in [-0.39, 0.29) is 23.0 Å². The van der Waals surface area contributed by atoms with Crippen LogP contribution >= 0.6 is 0 Å². The monoisotopic (exact) mass is 659 g/mol. The SMILES string of the molecule is [2H]c1c([2H])c([2H])c(-c2nc(-c3ccc4c(c3)oc3ccccc34)nc(-c3ccc4c(c3)oc3ccc(-n5c6ccccc6c6ccccc65)cc34)n2)c([2H])c1[2H]. The normalized spacial score (nSPS) is 13.3. The number of hydrogen-bond donors (Lipinski definition) is 0. The molecule has 7 aromatic carbocycles. The fourth-order valence-electron chi connectivity index (χ4n) is 7.22. The Balaban J connectivity index is 1.09. The number of para-hydroxylation sites is 3. The number of fused-ring (bicyclic) bond motifs is 9. The maximum atomic E-state index is 8.72. The average molecular weight is 660 g/mol. The first-order valence-corrected chi connectivity index (χ1v) is 16.5. The molecule has 0 amide bonds. The van der Waals surface area contributed by atoms with E-state index in [0.29, 0.717) is 22.3 Å². The standard InChI is InChI=1S/C45H26N4O2/c1-2-10-27(11-3-1)43-46-44(28-18-21-34-33-14-6-9-17-39(33)50-41(34)24-28)48-45(47-43)29-19-22-35-36-26-30(20-23-40(36)51-42(35)25-29)49-37-15-7-4-12-31(37)32-13-5-8-16-38(32)49/h1-26H/i1D,2D,3D,10D,11D. The minimum Gasteiger partial charge on any atom is -0.456 e. The Kier molecular flexibility index (Phi) is 4.91. The molecular weight excluding hydrogens is 629 g/mol. The van der Waals surface area contributed by atoms with Crippen LogP contribution < -0.4 is 0 Å². The van der Waals surface area contributed by atoms with Gasteiger partial charge in [-0.25, -0.2) is 15.0 Å². The molecule has 4 aromatic heterocycles. The number of hydrogen-bond acceptors (Lipinski definition) is 5. The summed E-state index contributed by atoms with van der Waals surface area (Å²) in [7, 11) is 0. The lowest BCUT2D eigenvalue weighted by molar-refractivity contribution is 0.668. The van der Waals surface area contributed by atoms with Gasteiger partial charge in [-0.1, -0.05) is 96.9 Å². The first kappa shape index (κ1) is 23.3. The van der Waals surface area contributed by atoms with Crippen LogP contribution in [-0.4, -0.2) is 19.5 Å². The number of benzene rings is 7. The molecule has 0 aliphatic rings. The Morgan fingerprint density at radius 2 is 0.922 bits per heavy atom. The molecule has 0 spiro atoms. The third-order valence-corrected chi connectivity index (χ3v) is 9.55. The van der Waals surface area contributed by atoms with Crippen molar-refractivity contribution in [1.29, 1.82) is 0 Å². The fraction of sp³-hybridized carbons (Fsp3) is 0. The molecule has 11 rings (SSSR count). The number of aromatic nitrogens is 4. The van der Waals surface area contributed by atoms with Gasteiger partial charge in [0.1, 0.15) is 22.3 Å². The van der Waals surface area contributed by atoms with Gasteiger partial charge in [-0.2, -0.15) is 0 Å². The minimum atomic E-state index is -0.495. The summed E-state index contributed by atoms with van der Waals surface area (Å²) in [5, 5.41) is 6.12. The van der Waals surface area contributed by atoms with Crippen molar-refractivity contribution < 1.29 is 15.7 Å². The Morgan fingerprint density at radius 3 is 1.57 bits per heavy atom. The predicted octanol–water partition coefficient (Wildman–Crippen LogP) is 11.8. The lowest BCUT2D eigenvalue weighted by Crippen LogP contribution is -2.00. The van der Waals surface area contributed by atoms with Crippen LogP contribution in [0, 0.1) is 0 Å². The second-order valence-electron chi connectivity index (χ2n) is 12.5. The lowest BCUT2D eigenvalue weighted by Gasteiger charge is -2.08. The third kappa shape index (κ3) is 4.33. The summed E-state index contributed by atoms with van der Waals surface area (Å²) in [4.78, 5) is 14.3. The van der Waals surface area contributed by atoms with Crippen molar-refractivity contribution in [3.8, 4) is 39.9 Å². The highest BCUT2D eigenvalue weighted by Gasteiger charge is 2.18. The summed E-state index contributed by atoms with van der Waals surface area (Å²) in [6.07, 6.45) is 0.